The van der Waals surface area contributed by atoms with Gasteiger partial charge in [-0.05, 0) is 12.8 Å². The Morgan fingerprint density at radius 3 is 2.82 bits per heavy atom. The van der Waals surface area contributed by atoms with Crippen molar-refractivity contribution in [2.75, 3.05) is 26.2 Å². The lowest BCUT2D eigenvalue weighted by atomic mass is 9.88. The van der Waals surface area contributed by atoms with Gasteiger partial charge in [0, 0.05) is 31.6 Å². The average molecular weight is 245 g/mol. The van der Waals surface area contributed by atoms with Crippen LogP contribution in [0.1, 0.15) is 19.8 Å². The average Bonchev–Trinajstić information content (AvgIpc) is 2.34. The molecule has 1 aliphatic rings. The largest absolute Gasteiger partial charge is 0.395 e. The van der Waals surface area contributed by atoms with Crippen molar-refractivity contribution >= 4 is 6.03 Å². The first-order chi connectivity index (χ1) is 8.08. The molecule has 0 aromatic heterocycles. The number of likely N-dealkylation sites (tertiary alicyclic amines) is 1. The maximum Gasteiger partial charge on any atom is 0.314 e. The Morgan fingerprint density at radius 2 is 2.29 bits per heavy atom. The molecule has 1 rings (SSSR count). The summed E-state index contributed by atoms with van der Waals surface area (Å²) in [5.41, 5.74) is 5.29. The summed E-state index contributed by atoms with van der Waals surface area (Å²) in [5.74, 6) is 0.0532. The Hall–Kier alpha value is -0.850. The highest BCUT2D eigenvalue weighted by molar-refractivity contribution is 5.72. The number of hydrogen-bond donors (Lipinski definition) is 4. The number of rotatable bonds is 5. The van der Waals surface area contributed by atoms with Crippen LogP contribution in [0, 0.1) is 5.92 Å². The van der Waals surface area contributed by atoms with Crippen LogP contribution in [0.3, 0.4) is 0 Å². The molecule has 100 valence electrons. The van der Waals surface area contributed by atoms with Crippen molar-refractivity contribution in [3.8, 4) is 0 Å². The molecule has 5 N–H and O–H groups in total. The van der Waals surface area contributed by atoms with Gasteiger partial charge in [0.25, 0.3) is 0 Å². The number of carbonyl (C=O) groups is 1. The van der Waals surface area contributed by atoms with E-state index >= 15 is 0 Å². The number of nitrogens with zero attached hydrogens (tertiary/aromatic N) is 1. The Labute approximate surface area is 102 Å². The van der Waals surface area contributed by atoms with Gasteiger partial charge in [0.15, 0.2) is 0 Å². The van der Waals surface area contributed by atoms with E-state index in [4.69, 9.17) is 10.8 Å². The topological polar surface area (TPSA) is 98.8 Å². The lowest BCUT2D eigenvalue weighted by Crippen LogP contribution is -2.55. The normalized spacial score (nSPS) is 26.9. The second kappa shape index (κ2) is 6.78. The van der Waals surface area contributed by atoms with Crippen LogP contribution < -0.4 is 11.1 Å². The molecule has 3 atom stereocenters. The summed E-state index contributed by atoms with van der Waals surface area (Å²) in [6.45, 7) is 3.54. The van der Waals surface area contributed by atoms with Gasteiger partial charge in [0.05, 0.1) is 12.7 Å². The predicted molar refractivity (Wildman–Crippen MR) is 64.4 cm³/mol. The SMILES string of the molecule is CCC(O)C1CC(NCCO)CN(C(N)=O)C1. The molecule has 0 bridgehead atoms. The Kier molecular flexibility index (Phi) is 5.67. The number of carbonyl (C=O) groups excluding carboxylic acids is 1. The quantitative estimate of drug-likeness (QED) is 0.505. The standard InChI is InChI=1S/C11H23N3O3/c1-2-10(16)8-5-9(13-3-4-15)7-14(6-8)11(12)17/h8-10,13,15-16H,2-7H2,1H3,(H2,12,17). The minimum atomic E-state index is -0.450. The Morgan fingerprint density at radius 1 is 1.59 bits per heavy atom. The number of amides is 2. The number of piperidine rings is 1. The second-order valence-corrected chi connectivity index (χ2v) is 4.59. The summed E-state index contributed by atoms with van der Waals surface area (Å²) >= 11 is 0. The van der Waals surface area contributed by atoms with Crippen LogP contribution in [-0.4, -0.2) is 59.5 Å². The van der Waals surface area contributed by atoms with Crippen LogP contribution in [0.15, 0.2) is 0 Å². The number of nitrogens with two attached hydrogens (primary N) is 1. The molecule has 6 nitrogen and oxygen atoms in total. The molecule has 6 heteroatoms. The summed E-state index contributed by atoms with van der Waals surface area (Å²) in [6.07, 6.45) is 1.07. The lowest BCUT2D eigenvalue weighted by molar-refractivity contribution is 0.0481. The lowest BCUT2D eigenvalue weighted by Gasteiger charge is -2.39. The fraction of sp³-hybridized carbons (Fsp3) is 0.909. The minimum absolute atomic E-state index is 0.0532. The molecule has 0 saturated carbocycles. The third kappa shape index (κ3) is 4.14. The maximum absolute atomic E-state index is 11.2. The van der Waals surface area contributed by atoms with E-state index in [9.17, 15) is 9.90 Å². The van der Waals surface area contributed by atoms with Gasteiger partial charge >= 0.3 is 6.03 Å². The number of hydrogen-bond acceptors (Lipinski definition) is 4. The Balaban J connectivity index is 2.58. The van der Waals surface area contributed by atoms with Crippen molar-refractivity contribution in [3.63, 3.8) is 0 Å². The van der Waals surface area contributed by atoms with E-state index in [0.717, 1.165) is 6.42 Å². The van der Waals surface area contributed by atoms with Gasteiger partial charge in [0.2, 0.25) is 0 Å². The summed E-state index contributed by atoms with van der Waals surface area (Å²) in [6, 6.07) is -0.358. The zero-order valence-corrected chi connectivity index (χ0v) is 10.3. The van der Waals surface area contributed by atoms with Crippen molar-refractivity contribution < 1.29 is 15.0 Å². The molecule has 1 saturated heterocycles. The first-order valence-corrected chi connectivity index (χ1v) is 6.15. The Bertz CT molecular complexity index is 250. The fourth-order valence-electron chi connectivity index (χ4n) is 2.35. The van der Waals surface area contributed by atoms with Gasteiger partial charge in [-0.25, -0.2) is 4.79 Å². The molecule has 0 radical (unpaired) electrons. The first kappa shape index (κ1) is 14.2. The predicted octanol–water partition coefficient (Wildman–Crippen LogP) is -0.892. The summed E-state index contributed by atoms with van der Waals surface area (Å²) in [7, 11) is 0. The summed E-state index contributed by atoms with van der Waals surface area (Å²) in [4.78, 5) is 12.8. The van der Waals surface area contributed by atoms with Crippen LogP contribution in [0.4, 0.5) is 4.79 Å². The second-order valence-electron chi connectivity index (χ2n) is 4.59. The molecule has 2 amide bonds. The molecule has 17 heavy (non-hydrogen) atoms. The maximum atomic E-state index is 11.2. The van der Waals surface area contributed by atoms with Crippen LogP contribution in [0.25, 0.3) is 0 Å². The van der Waals surface area contributed by atoms with Gasteiger partial charge in [-0.15, -0.1) is 0 Å². The van der Waals surface area contributed by atoms with E-state index in [1.165, 1.54) is 0 Å². The molecular weight excluding hydrogens is 222 g/mol. The van der Waals surface area contributed by atoms with E-state index in [-0.39, 0.29) is 18.6 Å². The van der Waals surface area contributed by atoms with Crippen LogP contribution in [0.5, 0.6) is 0 Å². The monoisotopic (exact) mass is 245 g/mol. The molecule has 1 fully saturated rings. The number of aliphatic hydroxyl groups excluding tert-OH is 2. The highest BCUT2D eigenvalue weighted by Gasteiger charge is 2.31. The highest BCUT2D eigenvalue weighted by Crippen LogP contribution is 2.21. The molecule has 0 aromatic rings. The van der Waals surface area contributed by atoms with Crippen LogP contribution in [0.2, 0.25) is 0 Å². The number of aliphatic hydroxyl groups is 2. The van der Waals surface area contributed by atoms with Crippen molar-refractivity contribution in [3.05, 3.63) is 0 Å². The van der Waals surface area contributed by atoms with E-state index in [2.05, 4.69) is 5.32 Å². The number of primary amides is 1. The van der Waals surface area contributed by atoms with Crippen molar-refractivity contribution in [1.29, 1.82) is 0 Å². The van der Waals surface area contributed by atoms with E-state index < -0.39 is 12.1 Å². The van der Waals surface area contributed by atoms with Crippen molar-refractivity contribution in [1.82, 2.24) is 10.2 Å². The molecule has 0 spiro atoms. The molecule has 1 heterocycles. The van der Waals surface area contributed by atoms with Gasteiger partial charge in [0.1, 0.15) is 0 Å². The third-order valence-corrected chi connectivity index (χ3v) is 3.30. The third-order valence-electron chi connectivity index (χ3n) is 3.30. The van der Waals surface area contributed by atoms with E-state index in [1.807, 2.05) is 6.92 Å². The van der Waals surface area contributed by atoms with Crippen molar-refractivity contribution in [2.45, 2.75) is 31.9 Å². The van der Waals surface area contributed by atoms with Gasteiger partial charge in [-0.2, -0.15) is 0 Å². The van der Waals surface area contributed by atoms with Gasteiger partial charge in [-0.3, -0.25) is 0 Å². The first-order valence-electron chi connectivity index (χ1n) is 6.15. The van der Waals surface area contributed by atoms with Gasteiger partial charge in [-0.1, -0.05) is 6.92 Å². The van der Waals surface area contributed by atoms with E-state index in [0.29, 0.717) is 26.1 Å². The zero-order chi connectivity index (χ0) is 12.8. The van der Waals surface area contributed by atoms with Gasteiger partial charge < -0.3 is 26.2 Å². The van der Waals surface area contributed by atoms with Crippen LogP contribution >= 0.6 is 0 Å². The minimum Gasteiger partial charge on any atom is -0.395 e. The zero-order valence-electron chi connectivity index (χ0n) is 10.3. The fourth-order valence-corrected chi connectivity index (χ4v) is 2.35. The molecule has 1 aliphatic heterocycles. The molecule has 0 aliphatic carbocycles. The molecule has 0 aromatic carbocycles. The number of urea groups is 1. The molecule has 3 unspecified atom stereocenters. The summed E-state index contributed by atoms with van der Waals surface area (Å²) < 4.78 is 0. The van der Waals surface area contributed by atoms with Crippen molar-refractivity contribution in [2.24, 2.45) is 11.7 Å². The highest BCUT2D eigenvalue weighted by atomic mass is 16.3. The smallest absolute Gasteiger partial charge is 0.314 e. The van der Waals surface area contributed by atoms with E-state index in [1.54, 1.807) is 4.90 Å². The summed E-state index contributed by atoms with van der Waals surface area (Å²) in [5, 5.41) is 21.8. The molecular formula is C11H23N3O3. The van der Waals surface area contributed by atoms with Crippen LogP contribution in [-0.2, 0) is 0 Å². The number of nitrogens with one attached hydrogen (secondary N) is 1.